The van der Waals surface area contributed by atoms with Crippen LogP contribution < -0.4 is 0 Å². The number of thiol groups is 1. The number of carbonyl (C=O) groups excluding carboxylic acids is 1. The van der Waals surface area contributed by atoms with E-state index in [0.29, 0.717) is 13.2 Å². The van der Waals surface area contributed by atoms with E-state index in [1.807, 2.05) is 20.8 Å². The number of hydrogen-bond donors (Lipinski definition) is 1. The van der Waals surface area contributed by atoms with Gasteiger partial charge in [0.15, 0.2) is 0 Å². The van der Waals surface area contributed by atoms with Crippen molar-refractivity contribution < 1.29 is 14.3 Å². The maximum absolute atomic E-state index is 10.6. The number of rotatable bonds is 4. The van der Waals surface area contributed by atoms with Gasteiger partial charge in [-0.05, 0) is 20.8 Å². The predicted octanol–water partition coefficient (Wildman–Crippen LogP) is 1.27. The van der Waals surface area contributed by atoms with Crippen LogP contribution in [0.25, 0.3) is 0 Å². The molecule has 12 heavy (non-hydrogen) atoms. The Morgan fingerprint density at radius 3 is 2.33 bits per heavy atom. The van der Waals surface area contributed by atoms with E-state index in [1.54, 1.807) is 0 Å². The van der Waals surface area contributed by atoms with Crippen LogP contribution in [0.3, 0.4) is 0 Å². The molecule has 0 aliphatic heterocycles. The Kier molecular flexibility index (Phi) is 5.33. The van der Waals surface area contributed by atoms with Crippen LogP contribution in [0.15, 0.2) is 0 Å². The van der Waals surface area contributed by atoms with E-state index >= 15 is 0 Å². The molecule has 0 N–H and O–H groups in total. The van der Waals surface area contributed by atoms with E-state index in [-0.39, 0.29) is 17.3 Å². The number of ether oxygens (including phenoxy) is 2. The molecule has 0 spiro atoms. The minimum absolute atomic E-state index is 0.121. The van der Waals surface area contributed by atoms with Gasteiger partial charge in [0.1, 0.15) is 6.61 Å². The quantitative estimate of drug-likeness (QED) is 0.414. The van der Waals surface area contributed by atoms with Gasteiger partial charge in [0.2, 0.25) is 0 Å². The summed E-state index contributed by atoms with van der Waals surface area (Å²) in [5.74, 6) is -0.189. The molecule has 0 atom stereocenters. The van der Waals surface area contributed by atoms with Crippen LogP contribution in [0, 0.1) is 0 Å². The summed E-state index contributed by atoms with van der Waals surface area (Å²) in [7, 11) is 0. The Bertz CT molecular complexity index is 140. The SMILES string of the molecule is CC(C)(C)OCCOC(=O)CS. The molecule has 0 saturated heterocycles. The average molecular weight is 192 g/mol. The van der Waals surface area contributed by atoms with Gasteiger partial charge in [-0.3, -0.25) is 4.79 Å². The van der Waals surface area contributed by atoms with Crippen LogP contribution in [-0.4, -0.2) is 30.5 Å². The van der Waals surface area contributed by atoms with Gasteiger partial charge in [0.05, 0.1) is 18.0 Å². The molecule has 0 saturated carbocycles. The van der Waals surface area contributed by atoms with Gasteiger partial charge < -0.3 is 9.47 Å². The zero-order valence-corrected chi connectivity index (χ0v) is 8.69. The largest absolute Gasteiger partial charge is 0.463 e. The normalized spacial score (nSPS) is 11.3. The lowest BCUT2D eigenvalue weighted by Crippen LogP contribution is -2.22. The molecular weight excluding hydrogens is 176 g/mol. The van der Waals surface area contributed by atoms with Gasteiger partial charge in [-0.15, -0.1) is 0 Å². The molecule has 0 rings (SSSR count). The van der Waals surface area contributed by atoms with Gasteiger partial charge in [-0.2, -0.15) is 12.6 Å². The van der Waals surface area contributed by atoms with E-state index in [9.17, 15) is 4.79 Å². The first-order chi connectivity index (χ1) is 5.45. The molecule has 0 aromatic carbocycles. The molecule has 0 aromatic heterocycles. The van der Waals surface area contributed by atoms with Crippen molar-refractivity contribution in [3.05, 3.63) is 0 Å². The predicted molar refractivity (Wildman–Crippen MR) is 50.5 cm³/mol. The Morgan fingerprint density at radius 1 is 1.33 bits per heavy atom. The summed E-state index contributed by atoms with van der Waals surface area (Å²) in [4.78, 5) is 10.6. The fourth-order valence-corrected chi connectivity index (χ4v) is 0.640. The van der Waals surface area contributed by atoms with Gasteiger partial charge >= 0.3 is 5.97 Å². The third kappa shape index (κ3) is 7.88. The second kappa shape index (κ2) is 5.43. The Hall–Kier alpha value is -0.220. The van der Waals surface area contributed by atoms with Crippen LogP contribution in [0.1, 0.15) is 20.8 Å². The zero-order chi connectivity index (χ0) is 9.61. The van der Waals surface area contributed by atoms with Crippen molar-refractivity contribution in [2.45, 2.75) is 26.4 Å². The molecule has 0 aromatic rings. The molecule has 0 unspecified atom stereocenters. The molecule has 72 valence electrons. The Morgan fingerprint density at radius 2 is 1.92 bits per heavy atom. The van der Waals surface area contributed by atoms with E-state index in [2.05, 4.69) is 12.6 Å². The van der Waals surface area contributed by atoms with E-state index < -0.39 is 0 Å². The van der Waals surface area contributed by atoms with Crippen LogP contribution in [-0.2, 0) is 14.3 Å². The molecule has 0 fully saturated rings. The first kappa shape index (κ1) is 11.8. The number of hydrogen-bond acceptors (Lipinski definition) is 4. The Balaban J connectivity index is 3.28. The summed E-state index contributed by atoms with van der Waals surface area (Å²) in [6, 6.07) is 0. The lowest BCUT2D eigenvalue weighted by molar-refractivity contribution is -0.143. The molecule has 4 heteroatoms. The van der Waals surface area contributed by atoms with Gasteiger partial charge in [0, 0.05) is 0 Å². The lowest BCUT2D eigenvalue weighted by atomic mass is 10.2. The van der Waals surface area contributed by atoms with Crippen molar-refractivity contribution >= 4 is 18.6 Å². The maximum Gasteiger partial charge on any atom is 0.315 e. The molecule has 0 radical (unpaired) electrons. The lowest BCUT2D eigenvalue weighted by Gasteiger charge is -2.19. The van der Waals surface area contributed by atoms with Gasteiger partial charge in [-0.25, -0.2) is 0 Å². The summed E-state index contributed by atoms with van der Waals surface area (Å²) in [5, 5.41) is 0. The second-order valence-electron chi connectivity index (χ2n) is 3.34. The fourth-order valence-electron chi connectivity index (χ4n) is 0.549. The number of esters is 1. The third-order valence-electron chi connectivity index (χ3n) is 1.01. The first-order valence-corrected chi connectivity index (χ1v) is 4.49. The smallest absolute Gasteiger partial charge is 0.315 e. The third-order valence-corrected chi connectivity index (χ3v) is 1.27. The monoisotopic (exact) mass is 192 g/mol. The minimum Gasteiger partial charge on any atom is -0.463 e. The molecule has 0 heterocycles. The van der Waals surface area contributed by atoms with Crippen molar-refractivity contribution in [1.29, 1.82) is 0 Å². The van der Waals surface area contributed by atoms with Crippen LogP contribution in [0.4, 0.5) is 0 Å². The van der Waals surface area contributed by atoms with Crippen LogP contribution in [0.5, 0.6) is 0 Å². The first-order valence-electron chi connectivity index (χ1n) is 3.86. The highest BCUT2D eigenvalue weighted by atomic mass is 32.1. The van der Waals surface area contributed by atoms with Gasteiger partial charge in [-0.1, -0.05) is 0 Å². The van der Waals surface area contributed by atoms with Crippen molar-refractivity contribution in [3.63, 3.8) is 0 Å². The van der Waals surface area contributed by atoms with E-state index in [0.717, 1.165) is 0 Å². The fraction of sp³-hybridized carbons (Fsp3) is 0.875. The van der Waals surface area contributed by atoms with Crippen LogP contribution >= 0.6 is 12.6 Å². The zero-order valence-electron chi connectivity index (χ0n) is 7.79. The van der Waals surface area contributed by atoms with Crippen molar-refractivity contribution in [3.8, 4) is 0 Å². The van der Waals surface area contributed by atoms with Gasteiger partial charge in [0.25, 0.3) is 0 Å². The molecular formula is C8H16O3S. The van der Waals surface area contributed by atoms with Crippen molar-refractivity contribution in [1.82, 2.24) is 0 Å². The topological polar surface area (TPSA) is 35.5 Å². The Labute approximate surface area is 78.8 Å². The highest BCUT2D eigenvalue weighted by Gasteiger charge is 2.09. The minimum atomic E-state index is -0.309. The highest BCUT2D eigenvalue weighted by Crippen LogP contribution is 2.05. The summed E-state index contributed by atoms with van der Waals surface area (Å²) in [5.41, 5.74) is -0.173. The van der Waals surface area contributed by atoms with Crippen molar-refractivity contribution in [2.75, 3.05) is 19.0 Å². The van der Waals surface area contributed by atoms with Crippen molar-refractivity contribution in [2.24, 2.45) is 0 Å². The molecule has 0 bridgehead atoms. The maximum atomic E-state index is 10.6. The van der Waals surface area contributed by atoms with E-state index in [1.165, 1.54) is 0 Å². The summed E-state index contributed by atoms with van der Waals surface area (Å²) in [6.07, 6.45) is 0. The molecule has 0 amide bonds. The second-order valence-corrected chi connectivity index (χ2v) is 3.66. The highest BCUT2D eigenvalue weighted by molar-refractivity contribution is 7.81. The number of carbonyl (C=O) groups is 1. The summed E-state index contributed by atoms with van der Waals surface area (Å²) < 4.78 is 10.1. The summed E-state index contributed by atoms with van der Waals surface area (Å²) in [6.45, 7) is 6.59. The molecule has 3 nitrogen and oxygen atoms in total. The summed E-state index contributed by atoms with van der Waals surface area (Å²) >= 11 is 3.76. The van der Waals surface area contributed by atoms with E-state index in [4.69, 9.17) is 9.47 Å². The molecule has 0 aliphatic rings. The van der Waals surface area contributed by atoms with Crippen LogP contribution in [0.2, 0.25) is 0 Å². The average Bonchev–Trinajstić information content (AvgIpc) is 1.96. The molecule has 0 aliphatic carbocycles. The standard InChI is InChI=1S/C8H16O3S/c1-8(2,3)11-5-4-10-7(9)6-12/h12H,4-6H2,1-3H3.